The molecule has 10 nitrogen and oxygen atoms in total. The molecule has 0 saturated carbocycles. The normalized spacial score (nSPS) is 23.5. The summed E-state index contributed by atoms with van der Waals surface area (Å²) in [5.74, 6) is 0. The molecule has 4 unspecified atom stereocenters. The molecule has 1 saturated heterocycles. The van der Waals surface area contributed by atoms with Gasteiger partial charge in [0.2, 0.25) is 0 Å². The van der Waals surface area contributed by atoms with Gasteiger partial charge >= 0.3 is 6.03 Å². The molecule has 0 spiro atoms. The van der Waals surface area contributed by atoms with Crippen LogP contribution in [0.1, 0.15) is 38.3 Å². The van der Waals surface area contributed by atoms with Crippen LogP contribution >= 0.6 is 0 Å². The number of primary amides is 1. The van der Waals surface area contributed by atoms with Gasteiger partial charge in [0.1, 0.15) is 18.0 Å². The summed E-state index contributed by atoms with van der Waals surface area (Å²) in [6, 6.07) is 4.12. The first-order valence-electron chi connectivity index (χ1n) is 9.38. The highest BCUT2D eigenvalue weighted by molar-refractivity contribution is 5.77. The second-order valence-corrected chi connectivity index (χ2v) is 7.14. The van der Waals surface area contributed by atoms with Gasteiger partial charge in [0.15, 0.2) is 0 Å². The number of carbonyl (C=O) groups is 1. The second kappa shape index (κ2) is 8.21. The molecule has 1 aliphatic rings. The lowest BCUT2D eigenvalue weighted by Crippen LogP contribution is -2.50. The Morgan fingerprint density at radius 3 is 2.82 bits per heavy atom. The molecule has 1 aromatic heterocycles. The average molecular weight is 390 g/mol. The third-order valence-electron chi connectivity index (χ3n) is 5.21. The number of benzene rings is 1. The fourth-order valence-corrected chi connectivity index (χ4v) is 3.72. The van der Waals surface area contributed by atoms with Crippen LogP contribution in [0.2, 0.25) is 0 Å². The highest BCUT2D eigenvalue weighted by Gasteiger charge is 2.30. The Bertz CT molecular complexity index is 917. The SMILES string of the molecule is CCN(C(N)=O)C(C)Cc1ccc2c(=O)n(C3CCC(O)NC3O)nnc2c1. The Labute approximate surface area is 161 Å². The van der Waals surface area contributed by atoms with E-state index in [9.17, 15) is 19.8 Å². The minimum absolute atomic E-state index is 0.0943. The fourth-order valence-electron chi connectivity index (χ4n) is 3.72. The number of rotatable bonds is 5. The van der Waals surface area contributed by atoms with Crippen molar-refractivity contribution in [1.29, 1.82) is 0 Å². The zero-order valence-electron chi connectivity index (χ0n) is 15.9. The van der Waals surface area contributed by atoms with E-state index in [-0.39, 0.29) is 11.6 Å². The lowest BCUT2D eigenvalue weighted by molar-refractivity contribution is -0.0326. The van der Waals surface area contributed by atoms with Crippen molar-refractivity contribution in [3.8, 4) is 0 Å². The van der Waals surface area contributed by atoms with Crippen molar-refractivity contribution >= 4 is 16.9 Å². The number of nitrogens with one attached hydrogen (secondary N) is 1. The van der Waals surface area contributed by atoms with Crippen LogP contribution in [0.3, 0.4) is 0 Å². The Morgan fingerprint density at radius 2 is 2.18 bits per heavy atom. The molecule has 1 fully saturated rings. The van der Waals surface area contributed by atoms with E-state index in [1.165, 1.54) is 4.68 Å². The molecular formula is C18H26N6O4. The number of hydrogen-bond acceptors (Lipinski definition) is 7. The molecule has 28 heavy (non-hydrogen) atoms. The minimum atomic E-state index is -1.08. The number of urea groups is 1. The predicted octanol–water partition coefficient (Wildman–Crippen LogP) is -0.316. The van der Waals surface area contributed by atoms with Gasteiger partial charge < -0.3 is 20.8 Å². The van der Waals surface area contributed by atoms with Crippen molar-refractivity contribution in [1.82, 2.24) is 25.2 Å². The van der Waals surface area contributed by atoms with Gasteiger partial charge in [0.05, 0.1) is 11.4 Å². The molecule has 5 N–H and O–H groups in total. The van der Waals surface area contributed by atoms with Gasteiger partial charge in [0.25, 0.3) is 5.56 Å². The van der Waals surface area contributed by atoms with Gasteiger partial charge in [0, 0.05) is 12.6 Å². The number of aromatic nitrogens is 3. The van der Waals surface area contributed by atoms with Gasteiger partial charge in [-0.15, -0.1) is 5.10 Å². The number of piperidine rings is 1. The van der Waals surface area contributed by atoms with Crippen LogP contribution in [-0.2, 0) is 6.42 Å². The summed E-state index contributed by atoms with van der Waals surface area (Å²) in [4.78, 5) is 25.9. The van der Waals surface area contributed by atoms with E-state index in [0.29, 0.717) is 36.7 Å². The Hall–Kier alpha value is -2.56. The maximum Gasteiger partial charge on any atom is 0.315 e. The number of likely N-dealkylation sites (N-methyl/N-ethyl adjacent to an activating group) is 1. The van der Waals surface area contributed by atoms with Crippen molar-refractivity contribution < 1.29 is 15.0 Å². The molecule has 0 radical (unpaired) electrons. The number of hydrogen-bond donors (Lipinski definition) is 4. The summed E-state index contributed by atoms with van der Waals surface area (Å²) in [5.41, 5.74) is 6.41. The molecule has 1 aromatic carbocycles. The highest BCUT2D eigenvalue weighted by atomic mass is 16.3. The van der Waals surface area contributed by atoms with Crippen LogP contribution < -0.4 is 16.6 Å². The Balaban J connectivity index is 1.86. The minimum Gasteiger partial charge on any atom is -0.379 e. The summed E-state index contributed by atoms with van der Waals surface area (Å²) in [7, 11) is 0. The Kier molecular flexibility index (Phi) is 5.92. The number of nitrogens with zero attached hydrogens (tertiary/aromatic N) is 4. The van der Waals surface area contributed by atoms with Crippen LogP contribution in [-0.4, -0.2) is 61.2 Å². The Morgan fingerprint density at radius 1 is 1.43 bits per heavy atom. The van der Waals surface area contributed by atoms with E-state index in [1.54, 1.807) is 17.0 Å². The van der Waals surface area contributed by atoms with E-state index in [4.69, 9.17) is 5.73 Å². The molecule has 3 rings (SSSR count). The van der Waals surface area contributed by atoms with Crippen molar-refractivity contribution in [2.24, 2.45) is 5.73 Å². The number of fused-ring (bicyclic) bond motifs is 1. The summed E-state index contributed by atoms with van der Waals surface area (Å²) in [6.07, 6.45) is -0.505. The number of aliphatic hydroxyl groups excluding tert-OH is 2. The third kappa shape index (κ3) is 3.98. The average Bonchev–Trinajstić information content (AvgIpc) is 2.63. The molecule has 0 aliphatic carbocycles. The molecule has 2 heterocycles. The maximum atomic E-state index is 12.8. The molecule has 2 aromatic rings. The van der Waals surface area contributed by atoms with Gasteiger partial charge in [-0.2, -0.15) is 0 Å². The van der Waals surface area contributed by atoms with Crippen LogP contribution in [0.15, 0.2) is 23.0 Å². The van der Waals surface area contributed by atoms with E-state index in [0.717, 1.165) is 5.56 Å². The number of amides is 2. The van der Waals surface area contributed by atoms with Gasteiger partial charge in [-0.25, -0.2) is 9.48 Å². The van der Waals surface area contributed by atoms with Gasteiger partial charge in [-0.1, -0.05) is 11.3 Å². The molecule has 10 heteroatoms. The first-order chi connectivity index (χ1) is 13.3. The summed E-state index contributed by atoms with van der Waals surface area (Å²) in [6.45, 7) is 4.29. The van der Waals surface area contributed by atoms with E-state index in [2.05, 4.69) is 15.6 Å². The van der Waals surface area contributed by atoms with Crippen molar-refractivity contribution in [2.75, 3.05) is 6.54 Å². The predicted molar refractivity (Wildman–Crippen MR) is 102 cm³/mol. The number of carbonyl (C=O) groups excluding carboxylic acids is 1. The zero-order chi connectivity index (χ0) is 20.4. The molecular weight excluding hydrogens is 364 g/mol. The fraction of sp³-hybridized carbons (Fsp3) is 0.556. The standard InChI is InChI=1S/C18H26N6O4/c1-3-23(18(19)28)10(2)8-11-4-5-12-13(9-11)21-22-24(17(12)27)14-6-7-15(25)20-16(14)26/h4-5,9-10,14-16,20,25-26H,3,6-8H2,1-2H3,(H2,19,28). The highest BCUT2D eigenvalue weighted by Crippen LogP contribution is 2.21. The summed E-state index contributed by atoms with van der Waals surface area (Å²) in [5, 5.41) is 30.8. The topological polar surface area (TPSA) is 147 Å². The lowest BCUT2D eigenvalue weighted by atomic mass is 10.0. The largest absolute Gasteiger partial charge is 0.379 e. The van der Waals surface area contributed by atoms with Crippen LogP contribution in [0.25, 0.3) is 10.9 Å². The maximum absolute atomic E-state index is 12.8. The van der Waals surface area contributed by atoms with Crippen molar-refractivity contribution in [2.45, 2.75) is 57.6 Å². The molecule has 0 bridgehead atoms. The monoisotopic (exact) mass is 390 g/mol. The quantitative estimate of drug-likeness (QED) is 0.547. The third-order valence-corrected chi connectivity index (χ3v) is 5.21. The molecule has 4 atom stereocenters. The first kappa shape index (κ1) is 20.2. The van der Waals surface area contributed by atoms with Crippen molar-refractivity contribution in [3.05, 3.63) is 34.1 Å². The van der Waals surface area contributed by atoms with E-state index >= 15 is 0 Å². The summed E-state index contributed by atoms with van der Waals surface area (Å²) < 4.78 is 1.17. The van der Waals surface area contributed by atoms with Gasteiger partial charge in [-0.05, 0) is 50.8 Å². The molecule has 1 aliphatic heterocycles. The molecule has 2 amide bonds. The van der Waals surface area contributed by atoms with Crippen LogP contribution in [0.4, 0.5) is 4.79 Å². The summed E-state index contributed by atoms with van der Waals surface area (Å²) >= 11 is 0. The molecule has 152 valence electrons. The smallest absolute Gasteiger partial charge is 0.315 e. The van der Waals surface area contributed by atoms with Crippen molar-refractivity contribution in [3.63, 3.8) is 0 Å². The van der Waals surface area contributed by atoms with E-state index < -0.39 is 24.5 Å². The van der Waals surface area contributed by atoms with Crippen LogP contribution in [0.5, 0.6) is 0 Å². The van der Waals surface area contributed by atoms with E-state index in [1.807, 2.05) is 19.9 Å². The van der Waals surface area contributed by atoms with Crippen LogP contribution in [0, 0.1) is 0 Å². The van der Waals surface area contributed by atoms with Gasteiger partial charge in [-0.3, -0.25) is 10.1 Å². The second-order valence-electron chi connectivity index (χ2n) is 7.14. The first-order valence-corrected chi connectivity index (χ1v) is 9.38. The lowest BCUT2D eigenvalue weighted by Gasteiger charge is -2.31. The zero-order valence-corrected chi connectivity index (χ0v) is 15.9. The number of aliphatic hydroxyl groups is 2. The number of nitrogens with two attached hydrogens (primary N) is 1.